The smallest absolute Gasteiger partial charge is 0.276 e. The van der Waals surface area contributed by atoms with Gasteiger partial charge in [-0.3, -0.25) is 57.5 Å². The second-order valence-electron chi connectivity index (χ2n) is 32.2. The van der Waals surface area contributed by atoms with E-state index < -0.39 is 178 Å². The van der Waals surface area contributed by atoms with Crippen molar-refractivity contribution in [3.05, 3.63) is 279 Å². The number of carbonyl (C=O) groups excluding carboxylic acids is 12. The Balaban J connectivity index is 0.000000144. The maximum Gasteiger partial charge on any atom is 0.276 e. The van der Waals surface area contributed by atoms with Crippen LogP contribution in [0.3, 0.4) is 0 Å². The molecule has 0 radical (unpaired) electrons. The molecule has 0 bridgehead atoms. The Morgan fingerprint density at radius 1 is 0.301 bits per heavy atom. The quantitative estimate of drug-likeness (QED) is 0.0619. The number of halogens is 4. The molecule has 143 heavy (non-hydrogen) atoms. The summed E-state index contributed by atoms with van der Waals surface area (Å²) in [4.78, 5) is 153. The van der Waals surface area contributed by atoms with Gasteiger partial charge in [-0.25, -0.2) is 85.1 Å². The lowest BCUT2D eigenvalue weighted by Crippen LogP contribution is -2.45. The lowest BCUT2D eigenvalue weighted by molar-refractivity contribution is -0.135. The SMILES string of the molecule is Cc1cc2c(o1)C(C(=O)Nc1ccc(Br)cc1)C(=O)N(C)S2(=O)=O.Cc1cc2c(s1)S(=O)(=O)N(C)C(=O)C2C(=O)Nc1ccc(Br)cc1.Cc1cc2c(s1)S(=O)(=O)N(C)C(=O)C2C(=O)Nc1ccc(F)cc1.Cc1cc2c(s1)S(=O)(=O)N(C)C(=O)C2C(=O)Nc1ccccc1.Cc1cc2c(s1)S(=O)(=O)N(C)C(=O)C2C(=O)Nc1ccccc1F.Cc1ccc(NC(=O)C2C(=O)N(C)S(=O)(=O)c3cc(C)oc32)cc1. The first-order chi connectivity index (χ1) is 66.9. The molecule has 18 rings (SSSR count). The molecule has 6 unspecified atom stereocenters. The number of furan rings is 2. The summed E-state index contributed by atoms with van der Waals surface area (Å²) in [7, 11) is -16.7. The predicted molar refractivity (Wildman–Crippen MR) is 530 cm³/mol. The Morgan fingerprint density at radius 3 is 0.832 bits per heavy atom. The number of amides is 12. The largest absolute Gasteiger partial charge is 0.463 e. The number of anilines is 6. The highest BCUT2D eigenvalue weighted by Crippen LogP contribution is 2.47. The fraction of sp³-hybridized carbons (Fsp3) is 0.209. The summed E-state index contributed by atoms with van der Waals surface area (Å²) in [6, 6.07) is 48.9. The summed E-state index contributed by atoms with van der Waals surface area (Å²) in [5.74, 6) is -17.1. The molecule has 6 aliphatic heterocycles. The highest BCUT2D eigenvalue weighted by Gasteiger charge is 2.53. The third kappa shape index (κ3) is 21.6. The van der Waals surface area contributed by atoms with Crippen molar-refractivity contribution in [1.29, 1.82) is 0 Å². The van der Waals surface area contributed by atoms with Crippen molar-refractivity contribution in [2.24, 2.45) is 0 Å². The summed E-state index contributed by atoms with van der Waals surface area (Å²) in [6.07, 6.45) is 0. The van der Waals surface area contributed by atoms with Gasteiger partial charge in [-0.2, -0.15) is 0 Å². The molecule has 0 spiro atoms. The van der Waals surface area contributed by atoms with Crippen LogP contribution >= 0.6 is 77.2 Å². The zero-order chi connectivity index (χ0) is 105. The van der Waals surface area contributed by atoms with Gasteiger partial charge < -0.3 is 40.7 Å². The van der Waals surface area contributed by atoms with Crippen molar-refractivity contribution in [1.82, 2.24) is 25.8 Å². The van der Waals surface area contributed by atoms with Crippen LogP contribution in [0.4, 0.5) is 42.9 Å². The van der Waals surface area contributed by atoms with E-state index in [0.29, 0.717) is 75.5 Å². The molecule has 38 nitrogen and oxygen atoms in total. The minimum atomic E-state index is -3.99. The van der Waals surface area contributed by atoms with Crippen LogP contribution < -0.4 is 31.9 Å². The first kappa shape index (κ1) is 107. The average molecular weight is 2280 g/mol. The molecule has 6 aliphatic rings. The van der Waals surface area contributed by atoms with Gasteiger partial charge in [-0.1, -0.05) is 79.9 Å². The number of para-hydroxylation sites is 2. The number of hydrogen-bond acceptors (Lipinski definition) is 30. The number of rotatable bonds is 12. The van der Waals surface area contributed by atoms with Crippen LogP contribution in [0.1, 0.15) is 106 Å². The third-order valence-corrected chi connectivity index (χ3v) is 40.3. The monoisotopic (exact) mass is 2270 g/mol. The second-order valence-corrected chi connectivity index (χ2v) is 51.6. The third-order valence-electron chi connectivity index (χ3n) is 22.3. The molecular formula is C91H82Br2F2N12O26S10. The maximum atomic E-state index is 13.7. The summed E-state index contributed by atoms with van der Waals surface area (Å²) in [5.41, 5.74) is 4.16. The summed E-state index contributed by atoms with van der Waals surface area (Å²) in [6.45, 7) is 11.9. The van der Waals surface area contributed by atoms with E-state index in [2.05, 4.69) is 63.8 Å². The van der Waals surface area contributed by atoms with E-state index in [1.807, 2.05) is 25.1 Å². The van der Waals surface area contributed by atoms with Crippen molar-refractivity contribution in [3.63, 3.8) is 0 Å². The molecule has 0 fully saturated rings. The summed E-state index contributed by atoms with van der Waals surface area (Å²) < 4.78 is 191. The summed E-state index contributed by atoms with van der Waals surface area (Å²) in [5, 5.41) is 15.4. The number of aryl methyl sites for hydroxylation is 7. The normalized spacial score (nSPS) is 19.1. The highest BCUT2D eigenvalue weighted by atomic mass is 79.9. The van der Waals surface area contributed by atoms with Gasteiger partial charge in [0.25, 0.3) is 95.6 Å². The van der Waals surface area contributed by atoms with E-state index in [1.165, 1.54) is 86.9 Å². The molecule has 12 amide bonds. The molecule has 6 aromatic heterocycles. The van der Waals surface area contributed by atoms with Crippen molar-refractivity contribution < 1.29 is 126 Å². The molecule has 0 saturated carbocycles. The first-order valence-electron chi connectivity index (χ1n) is 41.7. The number of nitrogens with one attached hydrogen (secondary N) is 6. The molecule has 0 aliphatic carbocycles. The van der Waals surface area contributed by atoms with Crippen LogP contribution in [-0.4, -0.2) is 190 Å². The molecule has 750 valence electrons. The minimum absolute atomic E-state index is 0.00126. The van der Waals surface area contributed by atoms with Crippen LogP contribution in [0.25, 0.3) is 0 Å². The van der Waals surface area contributed by atoms with E-state index in [9.17, 15) is 117 Å². The maximum absolute atomic E-state index is 13.7. The van der Waals surface area contributed by atoms with E-state index in [1.54, 1.807) is 139 Å². The van der Waals surface area contributed by atoms with E-state index in [4.69, 9.17) is 8.83 Å². The standard InChI is InChI=1S/C16H16N2O5S.C15H13BrN2O5S.C15H13BrN2O4S2.2C15H13FN2O4S2.C15H14N2O4S2/c1-9-4-6-11(7-5-9)17-15(19)13-14-12(8-10(2)23-14)24(21,22)18(3)16(13)20;1-8-7-11-13(23-8)12(15(20)18(2)24(11,21)22)14(19)17-10-5-3-9(16)4-6-10;2*1-8-7-11-12(13(19)17-10-5-3-9(16)4-6-10)14(20)18(2)24(21,22)15(11)23-8;1-8-7-9-12(13(19)17-11-6-4-3-5-10(11)16)14(20)18(2)24(21,22)15(9)23-8;1-9-8-11-12(13(18)16-10-6-4-3-5-7-10)14(19)17(2)23(20,21)15(11)22-9/h4-8,13H,1-3H3,(H,17,19);4*3-7,12H,1-2H3,(H,17,19);3-8,12H,1-2H3,(H,16,18). The number of nitrogens with zero attached hydrogens (tertiary/aromatic N) is 6. The molecule has 12 aromatic rings. The lowest BCUT2D eigenvalue weighted by atomic mass is 9.99. The van der Waals surface area contributed by atoms with Crippen LogP contribution in [-0.2, 0) is 118 Å². The minimum Gasteiger partial charge on any atom is -0.463 e. The topological polar surface area (TPSA) is 528 Å². The number of benzene rings is 6. The van der Waals surface area contributed by atoms with Crippen molar-refractivity contribution in [2.45, 2.75) is 111 Å². The number of carbonyl (C=O) groups is 12. The Hall–Kier alpha value is -13.2. The Labute approximate surface area is 850 Å². The average Bonchev–Trinajstić information content (AvgIpc) is 1.65. The van der Waals surface area contributed by atoms with Crippen LogP contribution in [0.5, 0.6) is 0 Å². The number of fused-ring (bicyclic) bond motifs is 6. The van der Waals surface area contributed by atoms with E-state index in [0.717, 1.165) is 97.8 Å². The molecule has 6 atom stereocenters. The number of sulfonamides is 6. The van der Waals surface area contributed by atoms with Gasteiger partial charge in [0.15, 0.2) is 11.8 Å². The van der Waals surface area contributed by atoms with Crippen molar-refractivity contribution >= 4 is 242 Å². The van der Waals surface area contributed by atoms with E-state index in [-0.39, 0.29) is 66.1 Å². The van der Waals surface area contributed by atoms with Gasteiger partial charge in [-0.15, -0.1) is 45.3 Å². The first-order valence-corrected chi connectivity index (χ1v) is 55.2. The van der Waals surface area contributed by atoms with Crippen molar-refractivity contribution in [2.75, 3.05) is 74.2 Å². The van der Waals surface area contributed by atoms with Gasteiger partial charge in [0.2, 0.25) is 35.4 Å². The number of thiophene rings is 4. The zero-order valence-electron chi connectivity index (χ0n) is 76.8. The molecule has 12 heterocycles. The van der Waals surface area contributed by atoms with Gasteiger partial charge in [0, 0.05) is 134 Å². The molecule has 0 saturated heterocycles. The molecular weight excluding hydrogens is 2200 g/mol. The van der Waals surface area contributed by atoms with Crippen LogP contribution in [0.15, 0.2) is 232 Å². The van der Waals surface area contributed by atoms with Crippen molar-refractivity contribution in [3.8, 4) is 0 Å². The van der Waals surface area contributed by atoms with Crippen LogP contribution in [0.2, 0.25) is 0 Å². The fourth-order valence-electron chi connectivity index (χ4n) is 14.9. The second kappa shape index (κ2) is 41.7. The number of likely N-dealkylation sites (N-methyl/N-ethyl adjacent to an activating group) is 6. The van der Waals surface area contributed by atoms with Gasteiger partial charge >= 0.3 is 0 Å². The lowest BCUT2D eigenvalue weighted by Gasteiger charge is -2.28. The molecule has 52 heteroatoms. The van der Waals surface area contributed by atoms with Crippen LogP contribution in [0, 0.1) is 60.1 Å². The predicted octanol–water partition coefficient (Wildman–Crippen LogP) is 12.8. The van der Waals surface area contributed by atoms with E-state index >= 15 is 0 Å². The Morgan fingerprint density at radius 2 is 0.538 bits per heavy atom. The Bertz CT molecular complexity index is 7350. The summed E-state index contributed by atoms with van der Waals surface area (Å²) >= 11 is 10.7. The van der Waals surface area contributed by atoms with Gasteiger partial charge in [0.05, 0.1) is 5.69 Å². The molecule has 6 N–H and O–H groups in total. The molecule has 6 aromatic carbocycles. The zero-order valence-corrected chi connectivity index (χ0v) is 88.1. The van der Waals surface area contributed by atoms with Gasteiger partial charge in [-0.05, 0) is 182 Å². The van der Waals surface area contributed by atoms with Gasteiger partial charge in [0.1, 0.15) is 85.0 Å². The Kier molecular flexibility index (Phi) is 31.2. The highest BCUT2D eigenvalue weighted by molar-refractivity contribution is 9.10. The number of hydrogen-bond donors (Lipinski definition) is 6. The fourth-order valence-corrected chi connectivity index (χ4v) is 30.1.